The topological polar surface area (TPSA) is 64.2 Å². The molecule has 112 valence electrons. The van der Waals surface area contributed by atoms with Gasteiger partial charge in [0.15, 0.2) is 0 Å². The van der Waals surface area contributed by atoms with Gasteiger partial charge in [0.05, 0.1) is 18.5 Å². The zero-order valence-corrected chi connectivity index (χ0v) is 12.2. The van der Waals surface area contributed by atoms with Gasteiger partial charge in [-0.3, -0.25) is 4.79 Å². The van der Waals surface area contributed by atoms with Crippen molar-refractivity contribution in [2.45, 2.75) is 38.1 Å². The van der Waals surface area contributed by atoms with E-state index in [1.54, 1.807) is 12.5 Å². The minimum atomic E-state index is 0.110. The van der Waals surface area contributed by atoms with Gasteiger partial charge in [-0.05, 0) is 25.0 Å². The Morgan fingerprint density at radius 1 is 1.57 bits per heavy atom. The molecule has 0 radical (unpaired) electrons. The summed E-state index contributed by atoms with van der Waals surface area (Å²) >= 11 is 0. The molecule has 1 aliphatic rings. The normalized spacial score (nSPS) is 20.4. The van der Waals surface area contributed by atoms with Gasteiger partial charge < -0.3 is 9.32 Å². The van der Waals surface area contributed by atoms with Crippen LogP contribution >= 0.6 is 0 Å². The van der Waals surface area contributed by atoms with E-state index in [9.17, 15) is 4.79 Å². The first-order chi connectivity index (χ1) is 10.2. The summed E-state index contributed by atoms with van der Waals surface area (Å²) in [5.41, 5.74) is 0. The highest BCUT2D eigenvalue weighted by molar-refractivity contribution is 5.77. The number of hydrogen-bond donors (Lipinski definition) is 0. The standard InChI is InChI=1S/C15H20N4O2/c1-12(14-5-3-9-21-14)10-15(20)18-7-2-4-13(11-18)19-8-6-16-17-19/h3,5-6,8-9,12-13H,2,4,7,10-11H2,1H3. The van der Waals surface area contributed by atoms with Crippen molar-refractivity contribution < 1.29 is 9.21 Å². The number of carbonyl (C=O) groups is 1. The lowest BCUT2D eigenvalue weighted by atomic mass is 10.0. The fraction of sp³-hybridized carbons (Fsp3) is 0.533. The van der Waals surface area contributed by atoms with Gasteiger partial charge >= 0.3 is 0 Å². The van der Waals surface area contributed by atoms with Crippen molar-refractivity contribution in [1.29, 1.82) is 0 Å². The Labute approximate surface area is 123 Å². The summed E-state index contributed by atoms with van der Waals surface area (Å²) in [6.45, 7) is 3.57. The third kappa shape index (κ3) is 3.15. The molecule has 3 rings (SSSR count). The third-order valence-corrected chi connectivity index (χ3v) is 4.07. The first-order valence-electron chi connectivity index (χ1n) is 7.41. The number of likely N-dealkylation sites (tertiary alicyclic amines) is 1. The van der Waals surface area contributed by atoms with E-state index in [-0.39, 0.29) is 17.9 Å². The SMILES string of the molecule is CC(CC(=O)N1CCCC(n2ccnn2)C1)c1ccco1. The fourth-order valence-electron chi connectivity index (χ4n) is 2.87. The fourth-order valence-corrected chi connectivity index (χ4v) is 2.87. The summed E-state index contributed by atoms with van der Waals surface area (Å²) in [5.74, 6) is 1.16. The second-order valence-corrected chi connectivity index (χ2v) is 5.64. The minimum absolute atomic E-state index is 0.110. The number of nitrogens with zero attached hydrogens (tertiary/aromatic N) is 4. The van der Waals surface area contributed by atoms with Gasteiger partial charge in [-0.2, -0.15) is 0 Å². The van der Waals surface area contributed by atoms with Crippen molar-refractivity contribution in [3.8, 4) is 0 Å². The van der Waals surface area contributed by atoms with Crippen molar-refractivity contribution >= 4 is 5.91 Å². The molecule has 6 heteroatoms. The quantitative estimate of drug-likeness (QED) is 0.865. The average Bonchev–Trinajstić information content (AvgIpc) is 3.20. The van der Waals surface area contributed by atoms with Crippen LogP contribution in [0, 0.1) is 0 Å². The lowest BCUT2D eigenvalue weighted by Gasteiger charge is -2.33. The maximum atomic E-state index is 12.5. The van der Waals surface area contributed by atoms with Crippen LogP contribution in [0.25, 0.3) is 0 Å². The maximum Gasteiger partial charge on any atom is 0.223 e. The van der Waals surface area contributed by atoms with Gasteiger partial charge in [0.2, 0.25) is 5.91 Å². The Bertz CT molecular complexity index is 565. The van der Waals surface area contributed by atoms with Crippen molar-refractivity contribution in [3.05, 3.63) is 36.5 Å². The number of carbonyl (C=O) groups excluding carboxylic acids is 1. The first-order valence-corrected chi connectivity index (χ1v) is 7.41. The van der Waals surface area contributed by atoms with Crippen LogP contribution in [0.5, 0.6) is 0 Å². The van der Waals surface area contributed by atoms with Crippen LogP contribution in [0.1, 0.15) is 43.9 Å². The van der Waals surface area contributed by atoms with E-state index in [0.717, 1.165) is 25.1 Å². The van der Waals surface area contributed by atoms with Crippen LogP contribution in [0.2, 0.25) is 0 Å². The zero-order valence-electron chi connectivity index (χ0n) is 12.2. The van der Waals surface area contributed by atoms with E-state index in [4.69, 9.17) is 4.42 Å². The summed E-state index contributed by atoms with van der Waals surface area (Å²) in [6, 6.07) is 4.02. The Morgan fingerprint density at radius 3 is 3.19 bits per heavy atom. The first kappa shape index (κ1) is 13.9. The van der Waals surface area contributed by atoms with Gasteiger partial charge in [0, 0.05) is 31.6 Å². The van der Waals surface area contributed by atoms with Crippen molar-refractivity contribution in [1.82, 2.24) is 19.9 Å². The van der Waals surface area contributed by atoms with E-state index in [2.05, 4.69) is 10.3 Å². The number of rotatable bonds is 4. The minimum Gasteiger partial charge on any atom is -0.469 e. The van der Waals surface area contributed by atoms with Crippen LogP contribution in [0.4, 0.5) is 0 Å². The Morgan fingerprint density at radius 2 is 2.48 bits per heavy atom. The van der Waals surface area contributed by atoms with E-state index in [0.29, 0.717) is 13.0 Å². The molecule has 1 fully saturated rings. The van der Waals surface area contributed by atoms with Crippen LogP contribution in [-0.4, -0.2) is 38.9 Å². The molecule has 1 aliphatic heterocycles. The predicted octanol–water partition coefficient (Wildman–Crippen LogP) is 2.23. The molecule has 2 aromatic rings. The molecular weight excluding hydrogens is 268 g/mol. The molecule has 6 nitrogen and oxygen atoms in total. The Hall–Kier alpha value is -2.11. The molecule has 2 atom stereocenters. The van der Waals surface area contributed by atoms with Gasteiger partial charge in [-0.15, -0.1) is 5.10 Å². The van der Waals surface area contributed by atoms with Crippen LogP contribution in [0.15, 0.2) is 35.2 Å². The van der Waals surface area contributed by atoms with Gasteiger partial charge in [0.25, 0.3) is 0 Å². The highest BCUT2D eigenvalue weighted by Crippen LogP contribution is 2.24. The third-order valence-electron chi connectivity index (χ3n) is 4.07. The Balaban J connectivity index is 1.59. The Kier molecular flexibility index (Phi) is 4.03. The highest BCUT2D eigenvalue weighted by atomic mass is 16.3. The molecular formula is C15H20N4O2. The predicted molar refractivity (Wildman–Crippen MR) is 76.6 cm³/mol. The van der Waals surface area contributed by atoms with Crippen LogP contribution in [-0.2, 0) is 4.79 Å². The van der Waals surface area contributed by atoms with Gasteiger partial charge in [-0.1, -0.05) is 12.1 Å². The van der Waals surface area contributed by atoms with Gasteiger partial charge in [-0.25, -0.2) is 4.68 Å². The van der Waals surface area contributed by atoms with Crippen LogP contribution < -0.4 is 0 Å². The number of hydrogen-bond acceptors (Lipinski definition) is 4. The van der Waals surface area contributed by atoms with Crippen molar-refractivity contribution in [2.24, 2.45) is 0 Å². The molecule has 0 N–H and O–H groups in total. The summed E-state index contributed by atoms with van der Waals surface area (Å²) < 4.78 is 7.23. The monoisotopic (exact) mass is 288 g/mol. The summed E-state index contributed by atoms with van der Waals surface area (Å²) in [5, 5.41) is 7.90. The number of piperidine rings is 1. The molecule has 3 heterocycles. The lowest BCUT2D eigenvalue weighted by molar-refractivity contribution is -0.133. The molecule has 21 heavy (non-hydrogen) atoms. The number of amides is 1. The van der Waals surface area contributed by atoms with E-state index in [1.807, 2.05) is 34.8 Å². The molecule has 1 saturated heterocycles. The van der Waals surface area contributed by atoms with Gasteiger partial charge in [0.1, 0.15) is 5.76 Å². The molecule has 2 aromatic heterocycles. The zero-order chi connectivity index (χ0) is 14.7. The number of furan rings is 1. The van der Waals surface area contributed by atoms with Crippen molar-refractivity contribution in [2.75, 3.05) is 13.1 Å². The summed E-state index contributed by atoms with van der Waals surface area (Å²) in [7, 11) is 0. The second kappa shape index (κ2) is 6.11. The van der Waals surface area contributed by atoms with Crippen molar-refractivity contribution in [3.63, 3.8) is 0 Å². The largest absolute Gasteiger partial charge is 0.469 e. The molecule has 0 saturated carbocycles. The lowest BCUT2D eigenvalue weighted by Crippen LogP contribution is -2.41. The molecule has 0 bridgehead atoms. The van der Waals surface area contributed by atoms with E-state index >= 15 is 0 Å². The van der Waals surface area contributed by atoms with E-state index in [1.165, 1.54) is 0 Å². The average molecular weight is 288 g/mol. The smallest absolute Gasteiger partial charge is 0.223 e. The summed E-state index contributed by atoms with van der Waals surface area (Å²) in [6.07, 6.45) is 7.73. The molecule has 1 amide bonds. The molecule has 0 spiro atoms. The molecule has 2 unspecified atom stereocenters. The molecule has 0 aliphatic carbocycles. The highest BCUT2D eigenvalue weighted by Gasteiger charge is 2.26. The maximum absolute atomic E-state index is 12.5. The number of aromatic nitrogens is 3. The molecule has 0 aromatic carbocycles. The summed E-state index contributed by atoms with van der Waals surface area (Å²) in [4.78, 5) is 14.4. The second-order valence-electron chi connectivity index (χ2n) is 5.64. The van der Waals surface area contributed by atoms with Crippen LogP contribution in [0.3, 0.4) is 0 Å². The van der Waals surface area contributed by atoms with E-state index < -0.39 is 0 Å².